The molecule has 5 heteroatoms. The molecule has 92 valence electrons. The molecule has 17 heavy (non-hydrogen) atoms. The number of hydrogen-bond donors (Lipinski definition) is 1. The summed E-state index contributed by atoms with van der Waals surface area (Å²) in [6.07, 6.45) is 2.27. The highest BCUT2D eigenvalue weighted by Crippen LogP contribution is 2.33. The van der Waals surface area contributed by atoms with E-state index in [1.807, 2.05) is 0 Å². The maximum Gasteiger partial charge on any atom is 0.225 e. The van der Waals surface area contributed by atoms with E-state index in [0.717, 1.165) is 29.6 Å². The minimum absolute atomic E-state index is 0.552. The Bertz CT molecular complexity index is 536. The third kappa shape index (κ3) is 2.53. The summed E-state index contributed by atoms with van der Waals surface area (Å²) in [5.74, 6) is 0.636. The van der Waals surface area contributed by atoms with Crippen molar-refractivity contribution < 1.29 is 0 Å². The van der Waals surface area contributed by atoms with E-state index in [-0.39, 0.29) is 0 Å². The molecule has 2 aromatic heterocycles. The van der Waals surface area contributed by atoms with Crippen LogP contribution in [0, 0.1) is 13.8 Å². The fourth-order valence-electron chi connectivity index (χ4n) is 1.66. The van der Waals surface area contributed by atoms with Crippen LogP contribution in [0.5, 0.6) is 0 Å². The average molecular weight is 270 g/mol. The van der Waals surface area contributed by atoms with Crippen LogP contribution < -0.4 is 5.32 Å². The highest BCUT2D eigenvalue weighted by molar-refractivity contribution is 7.18. The van der Waals surface area contributed by atoms with Crippen LogP contribution in [0.2, 0.25) is 5.15 Å². The van der Waals surface area contributed by atoms with Gasteiger partial charge in [0.15, 0.2) is 0 Å². The second-order valence-corrected chi connectivity index (χ2v) is 5.64. The van der Waals surface area contributed by atoms with E-state index < -0.39 is 0 Å². The summed E-state index contributed by atoms with van der Waals surface area (Å²) in [7, 11) is 0. The topological polar surface area (TPSA) is 37.8 Å². The number of fused-ring (bicyclic) bond motifs is 1. The SMILES string of the molecule is CCCCNc1nc(Cl)c2c(C)c(C)sc2n1. The molecule has 0 amide bonds. The minimum atomic E-state index is 0.552. The molecule has 0 aliphatic rings. The average Bonchev–Trinajstić information content (AvgIpc) is 2.55. The Morgan fingerprint density at radius 2 is 2.06 bits per heavy atom. The summed E-state index contributed by atoms with van der Waals surface area (Å²) in [5, 5.41) is 4.75. The fraction of sp³-hybridized carbons (Fsp3) is 0.500. The van der Waals surface area contributed by atoms with Crippen LogP contribution in [0.15, 0.2) is 0 Å². The van der Waals surface area contributed by atoms with Gasteiger partial charge < -0.3 is 5.32 Å². The molecule has 0 aliphatic carbocycles. The Kier molecular flexibility index (Phi) is 3.84. The minimum Gasteiger partial charge on any atom is -0.354 e. The van der Waals surface area contributed by atoms with Crippen LogP contribution in [0.3, 0.4) is 0 Å². The van der Waals surface area contributed by atoms with Gasteiger partial charge in [-0.1, -0.05) is 24.9 Å². The molecule has 0 spiro atoms. The van der Waals surface area contributed by atoms with Crippen LogP contribution in [0.4, 0.5) is 5.95 Å². The van der Waals surface area contributed by atoms with Crippen molar-refractivity contribution in [2.75, 3.05) is 11.9 Å². The monoisotopic (exact) mass is 269 g/mol. The molecule has 0 fully saturated rings. The normalized spacial score (nSPS) is 11.1. The quantitative estimate of drug-likeness (QED) is 0.669. The number of anilines is 1. The van der Waals surface area contributed by atoms with Crippen molar-refractivity contribution in [2.45, 2.75) is 33.6 Å². The van der Waals surface area contributed by atoms with E-state index in [9.17, 15) is 0 Å². The molecule has 0 radical (unpaired) electrons. The van der Waals surface area contributed by atoms with Gasteiger partial charge in [-0.2, -0.15) is 0 Å². The molecule has 0 saturated carbocycles. The predicted molar refractivity (Wildman–Crippen MR) is 75.3 cm³/mol. The number of nitrogens with one attached hydrogen (secondary N) is 1. The van der Waals surface area contributed by atoms with Crippen molar-refractivity contribution in [1.29, 1.82) is 0 Å². The number of thiophene rings is 1. The van der Waals surface area contributed by atoms with Gasteiger partial charge in [-0.05, 0) is 25.8 Å². The van der Waals surface area contributed by atoms with Crippen molar-refractivity contribution >= 4 is 39.1 Å². The van der Waals surface area contributed by atoms with Gasteiger partial charge in [0.25, 0.3) is 0 Å². The standard InChI is InChI=1S/C12H16ClN3S/c1-4-5-6-14-12-15-10(13)9-7(2)8(3)17-11(9)16-12/h4-6H2,1-3H3,(H,14,15,16). The van der Waals surface area contributed by atoms with Gasteiger partial charge in [0.1, 0.15) is 9.98 Å². The number of hydrogen-bond acceptors (Lipinski definition) is 4. The third-order valence-electron chi connectivity index (χ3n) is 2.80. The summed E-state index contributed by atoms with van der Waals surface area (Å²) in [6.45, 7) is 7.20. The van der Waals surface area contributed by atoms with Gasteiger partial charge in [0.2, 0.25) is 5.95 Å². The molecular formula is C12H16ClN3S. The molecule has 2 aromatic rings. The number of halogens is 1. The first-order valence-electron chi connectivity index (χ1n) is 5.80. The van der Waals surface area contributed by atoms with Gasteiger partial charge in [-0.25, -0.2) is 9.97 Å². The summed E-state index contributed by atoms with van der Waals surface area (Å²) < 4.78 is 0. The van der Waals surface area contributed by atoms with Crippen LogP contribution in [-0.4, -0.2) is 16.5 Å². The Hall–Kier alpha value is -0.870. The molecule has 0 unspecified atom stereocenters. The number of aromatic nitrogens is 2. The van der Waals surface area contributed by atoms with Crippen LogP contribution in [0.25, 0.3) is 10.2 Å². The van der Waals surface area contributed by atoms with E-state index in [4.69, 9.17) is 11.6 Å². The Morgan fingerprint density at radius 3 is 2.76 bits per heavy atom. The zero-order valence-electron chi connectivity index (χ0n) is 10.3. The molecule has 2 rings (SSSR count). The zero-order chi connectivity index (χ0) is 12.4. The molecule has 0 atom stereocenters. The van der Waals surface area contributed by atoms with Gasteiger partial charge in [-0.15, -0.1) is 11.3 Å². The lowest BCUT2D eigenvalue weighted by atomic mass is 10.2. The number of rotatable bonds is 4. The van der Waals surface area contributed by atoms with Crippen LogP contribution in [-0.2, 0) is 0 Å². The lowest BCUT2D eigenvalue weighted by molar-refractivity contribution is 0.827. The summed E-state index contributed by atoms with van der Waals surface area (Å²) >= 11 is 7.88. The van der Waals surface area contributed by atoms with Crippen molar-refractivity contribution in [3.63, 3.8) is 0 Å². The first-order valence-corrected chi connectivity index (χ1v) is 7.00. The molecule has 3 nitrogen and oxygen atoms in total. The maximum absolute atomic E-state index is 6.21. The second-order valence-electron chi connectivity index (χ2n) is 4.08. The van der Waals surface area contributed by atoms with Gasteiger partial charge >= 0.3 is 0 Å². The Balaban J connectivity index is 2.35. The van der Waals surface area contributed by atoms with Crippen molar-refractivity contribution in [3.8, 4) is 0 Å². The summed E-state index contributed by atoms with van der Waals surface area (Å²) in [4.78, 5) is 11.0. The lowest BCUT2D eigenvalue weighted by Crippen LogP contribution is -2.04. The number of aryl methyl sites for hydroxylation is 2. The Morgan fingerprint density at radius 1 is 1.29 bits per heavy atom. The first kappa shape index (κ1) is 12.6. The van der Waals surface area contributed by atoms with Crippen LogP contribution >= 0.6 is 22.9 Å². The molecule has 0 bridgehead atoms. The van der Waals surface area contributed by atoms with Crippen molar-refractivity contribution in [2.24, 2.45) is 0 Å². The van der Waals surface area contributed by atoms with Crippen LogP contribution in [0.1, 0.15) is 30.2 Å². The van der Waals surface area contributed by atoms with E-state index in [1.165, 1.54) is 10.4 Å². The van der Waals surface area contributed by atoms with Gasteiger partial charge in [0.05, 0.1) is 5.39 Å². The number of nitrogens with zero attached hydrogens (tertiary/aromatic N) is 2. The van der Waals surface area contributed by atoms with Crippen molar-refractivity contribution in [3.05, 3.63) is 15.6 Å². The first-order chi connectivity index (χ1) is 8.13. The van der Waals surface area contributed by atoms with E-state index in [2.05, 4.69) is 36.1 Å². The summed E-state index contributed by atoms with van der Waals surface area (Å²) in [6, 6.07) is 0. The van der Waals surface area contributed by atoms with E-state index in [1.54, 1.807) is 11.3 Å². The highest BCUT2D eigenvalue weighted by atomic mass is 35.5. The molecule has 0 aromatic carbocycles. The van der Waals surface area contributed by atoms with Gasteiger partial charge in [0, 0.05) is 11.4 Å². The largest absolute Gasteiger partial charge is 0.354 e. The maximum atomic E-state index is 6.21. The van der Waals surface area contributed by atoms with Gasteiger partial charge in [-0.3, -0.25) is 0 Å². The second kappa shape index (κ2) is 5.19. The molecule has 0 aliphatic heterocycles. The Labute approximate surface area is 110 Å². The number of unbranched alkanes of at least 4 members (excludes halogenated alkanes) is 1. The summed E-state index contributed by atoms with van der Waals surface area (Å²) in [5.41, 5.74) is 1.19. The smallest absolute Gasteiger partial charge is 0.225 e. The van der Waals surface area contributed by atoms with Crippen molar-refractivity contribution in [1.82, 2.24) is 9.97 Å². The fourth-order valence-corrected chi connectivity index (χ4v) is 3.05. The van der Waals surface area contributed by atoms with E-state index in [0.29, 0.717) is 11.1 Å². The zero-order valence-corrected chi connectivity index (χ0v) is 11.9. The molecule has 1 N–H and O–H groups in total. The van der Waals surface area contributed by atoms with E-state index >= 15 is 0 Å². The highest BCUT2D eigenvalue weighted by Gasteiger charge is 2.12. The lowest BCUT2D eigenvalue weighted by Gasteiger charge is -2.04. The molecular weight excluding hydrogens is 254 g/mol. The third-order valence-corrected chi connectivity index (χ3v) is 4.17. The molecule has 0 saturated heterocycles. The molecule has 2 heterocycles. The predicted octanol–water partition coefficient (Wildman–Crippen LogP) is 4.17.